The van der Waals surface area contributed by atoms with Gasteiger partial charge in [0.05, 0.1) is 6.61 Å². The molecule has 1 aliphatic heterocycles. The number of rotatable bonds is 40. The summed E-state index contributed by atoms with van der Waals surface area (Å²) in [6.45, 7) is 3.74. The molecule has 60 heavy (non-hydrogen) atoms. The first-order valence-corrected chi connectivity index (χ1v) is 25.5. The van der Waals surface area contributed by atoms with Crippen LogP contribution in [-0.2, 0) is 38.7 Å². The van der Waals surface area contributed by atoms with Gasteiger partial charge in [0.15, 0.2) is 12.4 Å². The van der Waals surface area contributed by atoms with Gasteiger partial charge in [-0.2, -0.15) is 8.42 Å². The summed E-state index contributed by atoms with van der Waals surface area (Å²) in [6.07, 6.45) is 32.2. The molecular weight excluding hydrogens is 789 g/mol. The Morgan fingerprint density at radius 3 is 1.50 bits per heavy atom. The quantitative estimate of drug-likeness (QED) is 0.0198. The van der Waals surface area contributed by atoms with E-state index in [4.69, 9.17) is 18.9 Å². The van der Waals surface area contributed by atoms with E-state index in [1.807, 2.05) is 0 Å². The molecule has 0 aromatic rings. The second kappa shape index (κ2) is 37.7. The second-order valence-corrected chi connectivity index (χ2v) is 18.3. The molecule has 4 N–H and O–H groups in total. The lowest BCUT2D eigenvalue weighted by Crippen LogP contribution is -2.60. The number of ether oxygens (including phenoxy) is 4. The zero-order valence-corrected chi connectivity index (χ0v) is 38.4. The smallest absolute Gasteiger partial charge is 0.306 e. The van der Waals surface area contributed by atoms with Crippen LogP contribution >= 0.6 is 0 Å². The maximum atomic E-state index is 12.8. The second-order valence-electron chi connectivity index (χ2n) is 16.8. The van der Waals surface area contributed by atoms with Gasteiger partial charge in [0.1, 0.15) is 36.8 Å². The fourth-order valence-electron chi connectivity index (χ4n) is 7.30. The van der Waals surface area contributed by atoms with Crippen molar-refractivity contribution in [3.05, 3.63) is 24.3 Å². The molecule has 6 atom stereocenters. The lowest BCUT2D eigenvalue weighted by Gasteiger charge is -2.40. The minimum Gasteiger partial charge on any atom is -0.462 e. The van der Waals surface area contributed by atoms with E-state index < -0.39 is 71.2 Å². The molecule has 0 radical (unpaired) electrons. The van der Waals surface area contributed by atoms with Crippen molar-refractivity contribution in [1.29, 1.82) is 0 Å². The molecule has 1 saturated heterocycles. The highest BCUT2D eigenvalue weighted by atomic mass is 32.2. The fraction of sp³-hybridized carbons (Fsp3) is 0.872. The molecule has 0 bridgehead atoms. The van der Waals surface area contributed by atoms with Gasteiger partial charge >= 0.3 is 11.9 Å². The van der Waals surface area contributed by atoms with Crippen molar-refractivity contribution in [2.45, 2.75) is 243 Å². The third-order valence-corrected chi connectivity index (χ3v) is 11.8. The first-order valence-electron chi connectivity index (χ1n) is 23.9. The van der Waals surface area contributed by atoms with Gasteiger partial charge in [-0.3, -0.25) is 14.1 Å². The molecule has 0 spiro atoms. The number of allylic oxidation sites excluding steroid dienone is 4. The molecule has 0 aliphatic carbocycles. The van der Waals surface area contributed by atoms with Crippen LogP contribution in [-0.4, -0.2) is 96.0 Å². The predicted octanol–water partition coefficient (Wildman–Crippen LogP) is 10.0. The van der Waals surface area contributed by atoms with Crippen molar-refractivity contribution in [3.8, 4) is 0 Å². The highest BCUT2D eigenvalue weighted by molar-refractivity contribution is 7.85. The van der Waals surface area contributed by atoms with Crippen LogP contribution in [0.1, 0.15) is 206 Å². The molecule has 1 fully saturated rings. The summed E-state index contributed by atoms with van der Waals surface area (Å²) in [5.74, 6) is -1.99. The zero-order valence-electron chi connectivity index (χ0n) is 37.6. The molecule has 1 aliphatic rings. The minimum absolute atomic E-state index is 0.166. The summed E-state index contributed by atoms with van der Waals surface area (Å²) < 4.78 is 54.1. The number of carbonyl (C=O) groups is 2. The van der Waals surface area contributed by atoms with Gasteiger partial charge in [0.25, 0.3) is 10.1 Å². The third kappa shape index (κ3) is 31.9. The molecule has 13 heteroatoms. The number of esters is 2. The lowest BCUT2D eigenvalue weighted by molar-refractivity contribution is -0.297. The molecule has 0 saturated carbocycles. The first kappa shape index (κ1) is 56.1. The largest absolute Gasteiger partial charge is 0.462 e. The van der Waals surface area contributed by atoms with Crippen LogP contribution in [0, 0.1) is 0 Å². The Balaban J connectivity index is 2.42. The van der Waals surface area contributed by atoms with Crippen LogP contribution in [0.15, 0.2) is 24.3 Å². The minimum atomic E-state index is -4.60. The Kier molecular flexibility index (Phi) is 35.2. The average molecular weight is 875 g/mol. The van der Waals surface area contributed by atoms with Gasteiger partial charge in [-0.15, -0.1) is 0 Å². The van der Waals surface area contributed by atoms with Crippen molar-refractivity contribution in [1.82, 2.24) is 0 Å². The van der Waals surface area contributed by atoms with Gasteiger partial charge in [-0.1, -0.05) is 173 Å². The molecule has 1 heterocycles. The number of hydrogen-bond donors (Lipinski definition) is 4. The molecular formula is C47H86O12S. The summed E-state index contributed by atoms with van der Waals surface area (Å²) >= 11 is 0. The van der Waals surface area contributed by atoms with E-state index in [0.29, 0.717) is 12.8 Å². The van der Waals surface area contributed by atoms with Crippen LogP contribution in [0.4, 0.5) is 0 Å². The maximum absolute atomic E-state index is 12.8. The van der Waals surface area contributed by atoms with Gasteiger partial charge in [-0.25, -0.2) is 0 Å². The molecule has 0 amide bonds. The van der Waals surface area contributed by atoms with E-state index in [-0.39, 0.29) is 19.4 Å². The Morgan fingerprint density at radius 1 is 0.567 bits per heavy atom. The van der Waals surface area contributed by atoms with Crippen LogP contribution in [0.3, 0.4) is 0 Å². The number of hydrogen-bond acceptors (Lipinski definition) is 11. The summed E-state index contributed by atoms with van der Waals surface area (Å²) in [5.41, 5.74) is 0. The predicted molar refractivity (Wildman–Crippen MR) is 238 cm³/mol. The topological polar surface area (TPSA) is 186 Å². The van der Waals surface area contributed by atoms with Crippen molar-refractivity contribution in [2.75, 3.05) is 19.0 Å². The maximum Gasteiger partial charge on any atom is 0.306 e. The van der Waals surface area contributed by atoms with Crippen LogP contribution in [0.2, 0.25) is 0 Å². The Hall–Kier alpha value is -1.87. The third-order valence-electron chi connectivity index (χ3n) is 11.0. The fourth-order valence-corrected chi connectivity index (χ4v) is 7.99. The Labute approximate surface area is 364 Å². The van der Waals surface area contributed by atoms with Crippen molar-refractivity contribution in [3.63, 3.8) is 0 Å². The SMILES string of the molecule is CCCCC/C=C/C/C=C/CCCCCCCC(=O)OC[C@H](CO[C@H]1O[C@H](CS(=O)(=O)O)[C@@H](O)C(O)C1O)OC(=O)CCCCCCCCCCCCCCCCCCC. The van der Waals surface area contributed by atoms with Crippen molar-refractivity contribution >= 4 is 22.1 Å². The number of aliphatic hydroxyl groups excluding tert-OH is 3. The Morgan fingerprint density at radius 2 is 1.00 bits per heavy atom. The van der Waals surface area contributed by atoms with Crippen molar-refractivity contribution < 1.29 is 56.8 Å². The molecule has 0 aromatic heterocycles. The summed E-state index contributed by atoms with van der Waals surface area (Å²) in [4.78, 5) is 25.4. The van der Waals surface area contributed by atoms with E-state index in [2.05, 4.69) is 38.2 Å². The van der Waals surface area contributed by atoms with Gasteiger partial charge in [-0.05, 0) is 44.9 Å². The van der Waals surface area contributed by atoms with E-state index in [9.17, 15) is 37.9 Å². The molecule has 1 rings (SSSR count). The summed E-state index contributed by atoms with van der Waals surface area (Å²) in [6, 6.07) is 0. The van der Waals surface area contributed by atoms with E-state index >= 15 is 0 Å². The first-order chi connectivity index (χ1) is 29.0. The molecule has 2 unspecified atom stereocenters. The van der Waals surface area contributed by atoms with E-state index in [1.165, 1.54) is 103 Å². The Bertz CT molecular complexity index is 1210. The normalized spacial score (nSPS) is 20.3. The monoisotopic (exact) mass is 875 g/mol. The number of unbranched alkanes of at least 4 members (excludes halogenated alkanes) is 24. The van der Waals surface area contributed by atoms with Gasteiger partial charge in [0, 0.05) is 12.8 Å². The van der Waals surface area contributed by atoms with Crippen LogP contribution in [0.5, 0.6) is 0 Å². The standard InChI is InChI=1S/C47H86O12S/c1-3-5-7-9-11-13-15-17-19-20-22-24-26-28-30-32-34-36-43(49)58-40(38-57-47-46(52)45(51)44(50)41(59-47)39-60(53,54)55)37-56-42(48)35-33-31-29-27-25-23-21-18-16-14-12-10-8-6-4-2/h12,14,18,21,40-41,44-47,50-52H,3-11,13,15-17,19-20,22-39H2,1-2H3,(H,53,54,55)/b14-12+,21-18+/t40-,41-,44-,45?,46?,47+/m1/s1. The molecule has 0 aromatic carbocycles. The van der Waals surface area contributed by atoms with E-state index in [0.717, 1.165) is 64.2 Å². The van der Waals surface area contributed by atoms with Gasteiger partial charge in [0.2, 0.25) is 0 Å². The average Bonchev–Trinajstić information content (AvgIpc) is 3.21. The van der Waals surface area contributed by atoms with Crippen molar-refractivity contribution in [2.24, 2.45) is 0 Å². The summed E-state index contributed by atoms with van der Waals surface area (Å²) in [7, 11) is -4.60. The zero-order chi connectivity index (χ0) is 44.1. The highest BCUT2D eigenvalue weighted by Crippen LogP contribution is 2.24. The highest BCUT2D eigenvalue weighted by Gasteiger charge is 2.46. The van der Waals surface area contributed by atoms with Crippen LogP contribution in [0.25, 0.3) is 0 Å². The van der Waals surface area contributed by atoms with Gasteiger partial charge < -0.3 is 34.3 Å². The number of carbonyl (C=O) groups excluding carboxylic acids is 2. The lowest BCUT2D eigenvalue weighted by atomic mass is 10.00. The molecule has 352 valence electrons. The van der Waals surface area contributed by atoms with Crippen LogP contribution < -0.4 is 0 Å². The summed E-state index contributed by atoms with van der Waals surface area (Å²) in [5, 5.41) is 30.9. The molecule has 12 nitrogen and oxygen atoms in total. The van der Waals surface area contributed by atoms with E-state index in [1.54, 1.807) is 0 Å². The number of aliphatic hydroxyl groups is 3.